The van der Waals surface area contributed by atoms with Gasteiger partial charge in [0.1, 0.15) is 12.8 Å². The van der Waals surface area contributed by atoms with Gasteiger partial charge in [-0.3, -0.25) is 9.36 Å². The summed E-state index contributed by atoms with van der Waals surface area (Å²) >= 11 is 0. The van der Waals surface area contributed by atoms with Crippen LogP contribution in [0.4, 0.5) is 0 Å². The Kier molecular flexibility index (Phi) is 5.39. The maximum absolute atomic E-state index is 11.6. The largest absolute Gasteiger partial charge is 0.349 e. The highest BCUT2D eigenvalue weighted by Gasteiger charge is 2.26. The van der Waals surface area contributed by atoms with Crippen LogP contribution in [0.2, 0.25) is 0 Å². The zero-order chi connectivity index (χ0) is 11.2. The summed E-state index contributed by atoms with van der Waals surface area (Å²) in [5, 5.41) is 8.41. The fourth-order valence-corrected chi connectivity index (χ4v) is 1.84. The molecule has 14 heavy (non-hydrogen) atoms. The molecule has 0 N–H and O–H groups in total. The summed E-state index contributed by atoms with van der Waals surface area (Å²) in [6.07, 6.45) is -0.205. The highest BCUT2D eigenvalue weighted by atomic mass is 31.2. The number of carbonyl (C=O) groups excluding carboxylic acids is 1. The normalized spacial score (nSPS) is 10.7. The second-order valence-electron chi connectivity index (χ2n) is 2.49. The molecule has 0 fully saturated rings. The highest BCUT2D eigenvalue weighted by Crippen LogP contribution is 2.46. The van der Waals surface area contributed by atoms with E-state index in [1.165, 1.54) is 21.1 Å². The molecule has 0 saturated heterocycles. The third kappa shape index (κ3) is 3.88. The Morgan fingerprint density at radius 3 is 2.29 bits per heavy atom. The van der Waals surface area contributed by atoms with E-state index >= 15 is 0 Å². The van der Waals surface area contributed by atoms with E-state index in [0.29, 0.717) is 0 Å². The van der Waals surface area contributed by atoms with Crippen molar-refractivity contribution in [2.75, 3.05) is 27.1 Å². The van der Waals surface area contributed by atoms with Crippen LogP contribution < -0.4 is 0 Å². The number of hydrogen-bond acceptors (Lipinski definition) is 5. The molecule has 0 aliphatic heterocycles. The third-order valence-corrected chi connectivity index (χ3v) is 3.41. The number of hydrogen-bond donors (Lipinski definition) is 0. The topological polar surface area (TPSA) is 79.6 Å². The molecule has 0 heterocycles. The van der Waals surface area contributed by atoms with Gasteiger partial charge in [0.25, 0.3) is 0 Å². The predicted octanol–water partition coefficient (Wildman–Crippen LogP) is 0.802. The van der Waals surface area contributed by atoms with E-state index in [9.17, 15) is 9.36 Å². The van der Waals surface area contributed by atoms with Crippen LogP contribution in [-0.4, -0.2) is 37.9 Å². The molecule has 0 rings (SSSR count). The Hall–Kier alpha value is -0.890. The van der Waals surface area contributed by atoms with Crippen molar-refractivity contribution in [3.05, 3.63) is 0 Å². The Labute approximate surface area is 82.9 Å². The van der Waals surface area contributed by atoms with Crippen molar-refractivity contribution in [2.45, 2.75) is 6.92 Å². The number of nitrogens with zero attached hydrogens (tertiary/aromatic N) is 2. The molecule has 0 spiro atoms. The van der Waals surface area contributed by atoms with Crippen molar-refractivity contribution in [3.63, 3.8) is 0 Å². The molecular weight excluding hydrogens is 207 g/mol. The van der Waals surface area contributed by atoms with Crippen molar-refractivity contribution < 1.29 is 18.4 Å². The summed E-state index contributed by atoms with van der Waals surface area (Å²) in [7, 11) is -0.805. The number of amides is 1. The van der Waals surface area contributed by atoms with Gasteiger partial charge in [-0.2, -0.15) is 5.26 Å². The van der Waals surface area contributed by atoms with Gasteiger partial charge in [0.15, 0.2) is 0 Å². The first-order chi connectivity index (χ1) is 6.49. The molecule has 6 nitrogen and oxygen atoms in total. The van der Waals surface area contributed by atoms with Crippen LogP contribution in [-0.2, 0) is 18.4 Å². The van der Waals surface area contributed by atoms with Gasteiger partial charge >= 0.3 is 7.60 Å². The number of rotatable bonds is 5. The van der Waals surface area contributed by atoms with Crippen molar-refractivity contribution >= 4 is 13.5 Å². The van der Waals surface area contributed by atoms with Crippen LogP contribution in [0.5, 0.6) is 0 Å². The average molecular weight is 220 g/mol. The van der Waals surface area contributed by atoms with Gasteiger partial charge in [-0.25, -0.2) is 0 Å². The lowest BCUT2D eigenvalue weighted by Gasteiger charge is -2.21. The molecule has 1 amide bonds. The van der Waals surface area contributed by atoms with Gasteiger partial charge in [0.05, 0.1) is 6.07 Å². The summed E-state index contributed by atoms with van der Waals surface area (Å²) in [4.78, 5) is 12.1. The van der Waals surface area contributed by atoms with E-state index in [0.717, 1.165) is 4.90 Å². The fourth-order valence-electron chi connectivity index (χ4n) is 0.745. The van der Waals surface area contributed by atoms with Crippen molar-refractivity contribution in [2.24, 2.45) is 0 Å². The van der Waals surface area contributed by atoms with E-state index in [1.807, 2.05) is 0 Å². The van der Waals surface area contributed by atoms with Crippen LogP contribution in [0.3, 0.4) is 0 Å². The molecule has 0 atom stereocenters. The first-order valence-corrected chi connectivity index (χ1v) is 5.55. The van der Waals surface area contributed by atoms with E-state index in [1.54, 1.807) is 6.07 Å². The van der Waals surface area contributed by atoms with Gasteiger partial charge < -0.3 is 13.9 Å². The SMILES string of the molecule is COP(=O)(CN(CC#N)C(C)=O)OC. The lowest BCUT2D eigenvalue weighted by atomic mass is 10.5. The van der Waals surface area contributed by atoms with Gasteiger partial charge in [-0.1, -0.05) is 0 Å². The van der Waals surface area contributed by atoms with E-state index in [-0.39, 0.29) is 18.7 Å². The summed E-state index contributed by atoms with van der Waals surface area (Å²) in [6.45, 7) is 1.15. The molecule has 0 aromatic heterocycles. The number of nitriles is 1. The Morgan fingerprint density at radius 2 is 2.00 bits per heavy atom. The van der Waals surface area contributed by atoms with Gasteiger partial charge in [0, 0.05) is 21.1 Å². The second-order valence-corrected chi connectivity index (χ2v) is 4.73. The van der Waals surface area contributed by atoms with Crippen LogP contribution in [0.1, 0.15) is 6.92 Å². The monoisotopic (exact) mass is 220 g/mol. The van der Waals surface area contributed by atoms with Crippen LogP contribution >= 0.6 is 7.60 Å². The molecule has 0 radical (unpaired) electrons. The predicted molar refractivity (Wildman–Crippen MR) is 49.5 cm³/mol. The Balaban J connectivity index is 4.51. The van der Waals surface area contributed by atoms with E-state index in [2.05, 4.69) is 9.05 Å². The summed E-state index contributed by atoms with van der Waals surface area (Å²) in [6, 6.07) is 1.79. The minimum absolute atomic E-state index is 0.133. The molecule has 0 saturated carbocycles. The number of carbonyl (C=O) groups is 1. The Morgan fingerprint density at radius 1 is 1.50 bits per heavy atom. The molecule has 0 bridgehead atoms. The first-order valence-electron chi connectivity index (χ1n) is 3.82. The first kappa shape index (κ1) is 13.1. The lowest BCUT2D eigenvalue weighted by Crippen LogP contribution is -2.30. The molecule has 0 aliphatic rings. The third-order valence-electron chi connectivity index (χ3n) is 1.61. The molecule has 80 valence electrons. The van der Waals surface area contributed by atoms with E-state index in [4.69, 9.17) is 5.26 Å². The summed E-state index contributed by atoms with van der Waals surface area (Å²) < 4.78 is 20.9. The molecule has 0 aromatic rings. The minimum atomic E-state index is -3.27. The highest BCUT2D eigenvalue weighted by molar-refractivity contribution is 7.53. The zero-order valence-corrected chi connectivity index (χ0v) is 9.28. The molecule has 0 aliphatic carbocycles. The minimum Gasteiger partial charge on any atom is -0.318 e. The standard InChI is InChI=1S/C7H13N2O4P/c1-7(10)9(5-4-8)6-14(11,12-2)13-3/h5-6H2,1-3H3. The van der Waals surface area contributed by atoms with Crippen molar-refractivity contribution in [1.82, 2.24) is 4.90 Å². The summed E-state index contributed by atoms with van der Waals surface area (Å²) in [5.41, 5.74) is 0. The van der Waals surface area contributed by atoms with E-state index < -0.39 is 7.60 Å². The summed E-state index contributed by atoms with van der Waals surface area (Å²) in [5.74, 6) is -0.346. The van der Waals surface area contributed by atoms with Gasteiger partial charge in [-0.15, -0.1) is 0 Å². The maximum Gasteiger partial charge on any atom is 0.349 e. The molecule has 0 aromatic carbocycles. The molecule has 7 heteroatoms. The average Bonchev–Trinajstić information content (AvgIpc) is 2.17. The quantitative estimate of drug-likeness (QED) is 0.505. The second kappa shape index (κ2) is 5.76. The van der Waals surface area contributed by atoms with Crippen molar-refractivity contribution in [3.8, 4) is 6.07 Å². The Bertz CT molecular complexity index is 278. The van der Waals surface area contributed by atoms with Gasteiger partial charge in [-0.05, 0) is 0 Å². The molecule has 0 unspecified atom stereocenters. The zero-order valence-electron chi connectivity index (χ0n) is 8.39. The van der Waals surface area contributed by atoms with Crippen LogP contribution in [0.15, 0.2) is 0 Å². The maximum atomic E-state index is 11.6. The smallest absolute Gasteiger partial charge is 0.318 e. The van der Waals surface area contributed by atoms with Crippen LogP contribution in [0.25, 0.3) is 0 Å². The van der Waals surface area contributed by atoms with Crippen LogP contribution in [0, 0.1) is 11.3 Å². The molecular formula is C7H13N2O4P. The van der Waals surface area contributed by atoms with Crippen molar-refractivity contribution in [1.29, 1.82) is 5.26 Å². The van der Waals surface area contributed by atoms with Gasteiger partial charge in [0.2, 0.25) is 5.91 Å². The fraction of sp³-hybridized carbons (Fsp3) is 0.714. The lowest BCUT2D eigenvalue weighted by molar-refractivity contribution is -0.127.